The fraction of sp³-hybridized carbons (Fsp3) is 0.714. The number of morpholine rings is 1. The molecule has 19 heavy (non-hydrogen) atoms. The Morgan fingerprint density at radius 3 is 2.74 bits per heavy atom. The van der Waals surface area contributed by atoms with Gasteiger partial charge in [-0.3, -0.25) is 9.89 Å². The van der Waals surface area contributed by atoms with Crippen LogP contribution in [0.15, 0.2) is 12.3 Å². The minimum Gasteiger partial charge on any atom is -0.365 e. The van der Waals surface area contributed by atoms with Crippen LogP contribution >= 0.6 is 0 Å². The van der Waals surface area contributed by atoms with Gasteiger partial charge in [-0.1, -0.05) is 12.8 Å². The van der Waals surface area contributed by atoms with E-state index in [-0.39, 0.29) is 17.1 Å². The molecule has 1 saturated heterocycles. The van der Waals surface area contributed by atoms with Crippen molar-refractivity contribution in [3.8, 4) is 0 Å². The number of nitrogens with one attached hydrogen (secondary N) is 1. The molecule has 0 aromatic carbocycles. The van der Waals surface area contributed by atoms with Crippen molar-refractivity contribution in [2.75, 3.05) is 13.1 Å². The lowest BCUT2D eigenvalue weighted by Gasteiger charge is -2.48. The second-order valence-electron chi connectivity index (χ2n) is 6.38. The molecule has 1 N–H and O–H groups in total. The minimum atomic E-state index is -0.279. The Morgan fingerprint density at radius 1 is 1.37 bits per heavy atom. The zero-order valence-corrected chi connectivity index (χ0v) is 11.6. The van der Waals surface area contributed by atoms with E-state index in [2.05, 4.69) is 24.0 Å². The Morgan fingerprint density at radius 2 is 2.11 bits per heavy atom. The first-order chi connectivity index (χ1) is 9.00. The molecule has 0 unspecified atom stereocenters. The van der Waals surface area contributed by atoms with Crippen molar-refractivity contribution >= 4 is 5.91 Å². The fourth-order valence-electron chi connectivity index (χ4n) is 3.48. The lowest BCUT2D eigenvalue weighted by Crippen LogP contribution is -2.60. The average Bonchev–Trinajstić information content (AvgIpc) is 2.97. The van der Waals surface area contributed by atoms with Crippen molar-refractivity contribution in [1.82, 2.24) is 15.1 Å². The average molecular weight is 263 g/mol. The molecule has 1 saturated carbocycles. The van der Waals surface area contributed by atoms with Crippen LogP contribution in [-0.2, 0) is 4.74 Å². The molecule has 5 heteroatoms. The molecule has 3 rings (SSSR count). The summed E-state index contributed by atoms with van der Waals surface area (Å²) in [6.45, 7) is 5.47. The Hall–Kier alpha value is -1.36. The zero-order valence-electron chi connectivity index (χ0n) is 11.6. The van der Waals surface area contributed by atoms with Crippen molar-refractivity contribution in [3.05, 3.63) is 18.0 Å². The van der Waals surface area contributed by atoms with Gasteiger partial charge in [0.15, 0.2) is 0 Å². The summed E-state index contributed by atoms with van der Waals surface area (Å²) in [7, 11) is 0. The summed E-state index contributed by atoms with van der Waals surface area (Å²) >= 11 is 0. The van der Waals surface area contributed by atoms with Crippen molar-refractivity contribution < 1.29 is 9.53 Å². The number of ether oxygens (including phenoxy) is 1. The summed E-state index contributed by atoms with van der Waals surface area (Å²) in [4.78, 5) is 14.4. The van der Waals surface area contributed by atoms with Crippen molar-refractivity contribution in [1.29, 1.82) is 0 Å². The number of nitrogens with zero attached hydrogens (tertiary/aromatic N) is 2. The fourth-order valence-corrected chi connectivity index (χ4v) is 3.48. The molecule has 2 fully saturated rings. The van der Waals surface area contributed by atoms with E-state index >= 15 is 0 Å². The Bertz CT molecular complexity index is 461. The van der Waals surface area contributed by atoms with Gasteiger partial charge < -0.3 is 9.64 Å². The second-order valence-corrected chi connectivity index (χ2v) is 6.38. The molecule has 1 aromatic rings. The van der Waals surface area contributed by atoms with Crippen LogP contribution in [0.1, 0.15) is 50.0 Å². The second kappa shape index (κ2) is 4.34. The van der Waals surface area contributed by atoms with Crippen LogP contribution in [-0.4, -0.2) is 45.3 Å². The predicted octanol–water partition coefficient (Wildman–Crippen LogP) is 1.97. The van der Waals surface area contributed by atoms with Gasteiger partial charge in [0.2, 0.25) is 0 Å². The van der Waals surface area contributed by atoms with Gasteiger partial charge in [0.1, 0.15) is 5.69 Å². The summed E-state index contributed by atoms with van der Waals surface area (Å²) in [5.74, 6) is 0.0279. The largest absolute Gasteiger partial charge is 0.365 e. The monoisotopic (exact) mass is 263 g/mol. The highest BCUT2D eigenvalue weighted by Gasteiger charge is 2.47. The number of H-pyrrole nitrogens is 1. The normalized spacial score (nSPS) is 24.8. The SMILES string of the molecule is CC1(C)CN(C(=O)c2ccn[nH]2)CC2(CCCC2)O1. The van der Waals surface area contributed by atoms with Gasteiger partial charge in [0, 0.05) is 12.7 Å². The van der Waals surface area contributed by atoms with Crippen molar-refractivity contribution in [3.63, 3.8) is 0 Å². The van der Waals surface area contributed by atoms with Crippen LogP contribution in [0.4, 0.5) is 0 Å². The maximum absolute atomic E-state index is 12.5. The predicted molar refractivity (Wildman–Crippen MR) is 70.9 cm³/mol. The number of aromatic amines is 1. The third kappa shape index (κ3) is 2.39. The van der Waals surface area contributed by atoms with E-state index in [1.54, 1.807) is 12.3 Å². The molecule has 1 spiro atoms. The van der Waals surface area contributed by atoms with Crippen LogP contribution < -0.4 is 0 Å². The summed E-state index contributed by atoms with van der Waals surface area (Å²) in [6.07, 6.45) is 6.13. The molecule has 1 aromatic heterocycles. The van der Waals surface area contributed by atoms with Gasteiger partial charge in [0.05, 0.1) is 17.7 Å². The molecular weight excluding hydrogens is 242 g/mol. The topological polar surface area (TPSA) is 58.2 Å². The lowest BCUT2D eigenvalue weighted by molar-refractivity contribution is -0.184. The van der Waals surface area contributed by atoms with Crippen LogP contribution in [0.3, 0.4) is 0 Å². The summed E-state index contributed by atoms with van der Waals surface area (Å²) in [5, 5.41) is 6.62. The van der Waals surface area contributed by atoms with Gasteiger partial charge in [-0.2, -0.15) is 5.10 Å². The van der Waals surface area contributed by atoms with Gasteiger partial charge >= 0.3 is 0 Å². The highest BCUT2D eigenvalue weighted by Crippen LogP contribution is 2.40. The quantitative estimate of drug-likeness (QED) is 0.842. The van der Waals surface area contributed by atoms with Crippen LogP contribution in [0.25, 0.3) is 0 Å². The lowest BCUT2D eigenvalue weighted by atomic mass is 9.94. The van der Waals surface area contributed by atoms with Gasteiger partial charge in [-0.25, -0.2) is 0 Å². The maximum Gasteiger partial charge on any atom is 0.272 e. The smallest absolute Gasteiger partial charge is 0.272 e. The van der Waals surface area contributed by atoms with Crippen LogP contribution in [0, 0.1) is 0 Å². The van der Waals surface area contributed by atoms with Gasteiger partial charge in [0.25, 0.3) is 5.91 Å². The van der Waals surface area contributed by atoms with E-state index in [0.717, 1.165) is 12.8 Å². The van der Waals surface area contributed by atoms with E-state index in [4.69, 9.17) is 4.74 Å². The van der Waals surface area contributed by atoms with Crippen molar-refractivity contribution in [2.45, 2.75) is 50.7 Å². The highest BCUT2D eigenvalue weighted by atomic mass is 16.5. The third-order valence-electron chi connectivity index (χ3n) is 4.08. The first-order valence-electron chi connectivity index (χ1n) is 6.99. The highest BCUT2D eigenvalue weighted by molar-refractivity contribution is 5.92. The number of carbonyl (C=O) groups is 1. The molecule has 5 nitrogen and oxygen atoms in total. The first kappa shape index (κ1) is 12.7. The van der Waals surface area contributed by atoms with E-state index in [0.29, 0.717) is 18.8 Å². The Balaban J connectivity index is 1.83. The van der Waals surface area contributed by atoms with Gasteiger partial charge in [-0.05, 0) is 32.8 Å². The molecule has 1 aliphatic heterocycles. The van der Waals surface area contributed by atoms with Crippen molar-refractivity contribution in [2.24, 2.45) is 0 Å². The van der Waals surface area contributed by atoms with E-state index in [9.17, 15) is 4.79 Å². The first-order valence-corrected chi connectivity index (χ1v) is 6.99. The number of carbonyl (C=O) groups excluding carboxylic acids is 1. The van der Waals surface area contributed by atoms with E-state index in [1.807, 2.05) is 4.90 Å². The molecule has 0 bridgehead atoms. The minimum absolute atomic E-state index is 0.0279. The van der Waals surface area contributed by atoms with Gasteiger partial charge in [-0.15, -0.1) is 0 Å². The molecule has 1 amide bonds. The summed E-state index contributed by atoms with van der Waals surface area (Å²) in [5.41, 5.74) is 0.154. The van der Waals surface area contributed by atoms with E-state index < -0.39 is 0 Å². The third-order valence-corrected chi connectivity index (χ3v) is 4.08. The molecule has 2 aliphatic rings. The molecular formula is C14H21N3O2. The Labute approximate surface area is 113 Å². The summed E-state index contributed by atoms with van der Waals surface area (Å²) < 4.78 is 6.30. The molecule has 0 atom stereocenters. The standard InChI is InChI=1S/C14H21N3O2/c1-13(2)9-17(12(18)11-5-8-15-16-11)10-14(19-13)6-3-4-7-14/h5,8H,3-4,6-7,9-10H2,1-2H3,(H,15,16). The zero-order chi connectivity index (χ0) is 13.5. The number of rotatable bonds is 1. The maximum atomic E-state index is 12.5. The van der Waals surface area contributed by atoms with E-state index in [1.165, 1.54) is 12.8 Å². The molecule has 0 radical (unpaired) electrons. The molecule has 104 valence electrons. The van der Waals surface area contributed by atoms with Crippen LogP contribution in [0.5, 0.6) is 0 Å². The number of aromatic nitrogens is 2. The number of amides is 1. The Kier molecular flexibility index (Phi) is 2.89. The number of hydrogen-bond donors (Lipinski definition) is 1. The van der Waals surface area contributed by atoms with Crippen LogP contribution in [0.2, 0.25) is 0 Å². The number of hydrogen-bond acceptors (Lipinski definition) is 3. The molecule has 2 heterocycles. The molecule has 1 aliphatic carbocycles. The summed E-state index contributed by atoms with van der Waals surface area (Å²) in [6, 6.07) is 1.73.